The Kier molecular flexibility index (Phi) is 2.78. The third-order valence-electron chi connectivity index (χ3n) is 1.69. The number of benzene rings is 1. The minimum absolute atomic E-state index is 0.240. The fraction of sp³-hybridized carbons (Fsp3) is 0. The molecule has 0 aromatic heterocycles. The van der Waals surface area contributed by atoms with Crippen molar-refractivity contribution in [1.82, 2.24) is 0 Å². The lowest BCUT2D eigenvalue weighted by Crippen LogP contribution is -2.05. The standard InChI is InChI=1S/C9H4F4O2/c1-3(9(14)15)4-2-5(10)7(12)8(13)6(4)11/h2H,1H2,(H,14,15). The largest absolute Gasteiger partial charge is 0.478 e. The molecule has 1 N–H and O–H groups in total. The third-order valence-corrected chi connectivity index (χ3v) is 1.69. The summed E-state index contributed by atoms with van der Waals surface area (Å²) in [7, 11) is 0. The van der Waals surface area contributed by atoms with Crippen molar-refractivity contribution in [3.05, 3.63) is 41.5 Å². The molecule has 2 nitrogen and oxygen atoms in total. The van der Waals surface area contributed by atoms with Gasteiger partial charge < -0.3 is 5.11 Å². The van der Waals surface area contributed by atoms with Gasteiger partial charge in [0.05, 0.1) is 5.57 Å². The van der Waals surface area contributed by atoms with Crippen molar-refractivity contribution >= 4 is 11.5 Å². The Balaban J connectivity index is 3.45. The molecule has 0 bridgehead atoms. The van der Waals surface area contributed by atoms with Crippen molar-refractivity contribution < 1.29 is 27.5 Å². The van der Waals surface area contributed by atoms with E-state index in [2.05, 4.69) is 6.58 Å². The van der Waals surface area contributed by atoms with Gasteiger partial charge in [-0.05, 0) is 6.07 Å². The molecule has 0 aliphatic heterocycles. The number of hydrogen-bond donors (Lipinski definition) is 1. The van der Waals surface area contributed by atoms with Crippen molar-refractivity contribution in [3.63, 3.8) is 0 Å². The van der Waals surface area contributed by atoms with Crippen LogP contribution in [-0.4, -0.2) is 11.1 Å². The van der Waals surface area contributed by atoms with Crippen LogP contribution in [0.4, 0.5) is 17.6 Å². The van der Waals surface area contributed by atoms with Crippen LogP contribution >= 0.6 is 0 Å². The van der Waals surface area contributed by atoms with Gasteiger partial charge in [0.25, 0.3) is 0 Å². The van der Waals surface area contributed by atoms with E-state index in [1.165, 1.54) is 0 Å². The normalized spacial score (nSPS) is 10.1. The van der Waals surface area contributed by atoms with Crippen LogP contribution in [0.15, 0.2) is 12.6 Å². The first-order valence-corrected chi connectivity index (χ1v) is 3.61. The number of carboxylic acid groups (broad SMARTS) is 1. The predicted octanol–water partition coefficient (Wildman–Crippen LogP) is 2.34. The first kappa shape index (κ1) is 11.2. The van der Waals surface area contributed by atoms with Crippen molar-refractivity contribution in [3.8, 4) is 0 Å². The summed E-state index contributed by atoms with van der Waals surface area (Å²) in [5.41, 5.74) is -1.77. The van der Waals surface area contributed by atoms with Gasteiger partial charge in [-0.3, -0.25) is 0 Å². The molecule has 0 saturated carbocycles. The van der Waals surface area contributed by atoms with E-state index in [1.807, 2.05) is 0 Å². The molecule has 1 aromatic carbocycles. The van der Waals surface area contributed by atoms with Gasteiger partial charge in [-0.1, -0.05) is 6.58 Å². The molecule has 0 aliphatic carbocycles. The molecule has 0 fully saturated rings. The summed E-state index contributed by atoms with van der Waals surface area (Å²) in [6.45, 7) is 2.90. The Morgan fingerprint density at radius 1 is 1.13 bits per heavy atom. The number of hydrogen-bond acceptors (Lipinski definition) is 1. The van der Waals surface area contributed by atoms with Crippen LogP contribution in [0.1, 0.15) is 5.56 Å². The van der Waals surface area contributed by atoms with Crippen LogP contribution in [0.25, 0.3) is 5.57 Å². The monoisotopic (exact) mass is 220 g/mol. The summed E-state index contributed by atoms with van der Waals surface area (Å²) in [5.74, 6) is -9.16. The second-order valence-electron chi connectivity index (χ2n) is 2.63. The minimum Gasteiger partial charge on any atom is -0.478 e. The van der Waals surface area contributed by atoms with Crippen molar-refractivity contribution in [2.24, 2.45) is 0 Å². The maximum atomic E-state index is 12.9. The van der Waals surface area contributed by atoms with Gasteiger partial charge in [0, 0.05) is 5.56 Å². The summed E-state index contributed by atoms with van der Waals surface area (Å²) < 4.78 is 50.7. The molecular weight excluding hydrogens is 216 g/mol. The number of carboxylic acids is 1. The lowest BCUT2D eigenvalue weighted by atomic mass is 10.1. The van der Waals surface area contributed by atoms with Crippen molar-refractivity contribution in [1.29, 1.82) is 0 Å². The molecule has 1 aromatic rings. The van der Waals surface area contributed by atoms with Crippen molar-refractivity contribution in [2.45, 2.75) is 0 Å². The van der Waals surface area contributed by atoms with Crippen molar-refractivity contribution in [2.75, 3.05) is 0 Å². The molecular formula is C9H4F4O2. The number of rotatable bonds is 2. The van der Waals surface area contributed by atoms with E-state index >= 15 is 0 Å². The Hall–Kier alpha value is -1.85. The van der Waals surface area contributed by atoms with Gasteiger partial charge in [-0.2, -0.15) is 0 Å². The van der Waals surface area contributed by atoms with Crippen LogP contribution in [0.2, 0.25) is 0 Å². The average molecular weight is 220 g/mol. The Bertz CT molecular complexity index is 454. The molecule has 0 spiro atoms. The highest BCUT2D eigenvalue weighted by Crippen LogP contribution is 2.23. The second kappa shape index (κ2) is 3.72. The minimum atomic E-state index is -2.06. The second-order valence-corrected chi connectivity index (χ2v) is 2.63. The molecule has 0 heterocycles. The molecule has 0 unspecified atom stereocenters. The van der Waals surface area contributed by atoms with Crippen LogP contribution in [0.3, 0.4) is 0 Å². The smallest absolute Gasteiger partial charge is 0.335 e. The van der Waals surface area contributed by atoms with E-state index in [0.717, 1.165) is 0 Å². The molecule has 1 rings (SSSR count). The van der Waals surface area contributed by atoms with Gasteiger partial charge in [0.1, 0.15) is 0 Å². The zero-order valence-electron chi connectivity index (χ0n) is 7.15. The zero-order valence-corrected chi connectivity index (χ0v) is 7.15. The van der Waals surface area contributed by atoms with E-state index in [4.69, 9.17) is 5.11 Å². The Morgan fingerprint density at radius 2 is 1.67 bits per heavy atom. The van der Waals surface area contributed by atoms with Crippen LogP contribution < -0.4 is 0 Å². The molecule has 6 heteroatoms. The first-order chi connectivity index (χ1) is 6.86. The van der Waals surface area contributed by atoms with Gasteiger partial charge in [0.15, 0.2) is 23.3 Å². The summed E-state index contributed by atoms with van der Waals surface area (Å²) >= 11 is 0. The number of carbonyl (C=O) groups is 1. The molecule has 0 aliphatic rings. The molecule has 0 amide bonds. The highest BCUT2D eigenvalue weighted by Gasteiger charge is 2.22. The third kappa shape index (κ3) is 1.83. The van der Waals surface area contributed by atoms with E-state index in [1.54, 1.807) is 0 Å². The van der Waals surface area contributed by atoms with E-state index in [0.29, 0.717) is 0 Å². The summed E-state index contributed by atoms with van der Waals surface area (Å²) in [6.07, 6.45) is 0. The van der Waals surface area contributed by atoms with E-state index < -0.39 is 40.4 Å². The maximum absolute atomic E-state index is 12.9. The Labute approximate surface area is 81.5 Å². The highest BCUT2D eigenvalue weighted by molar-refractivity contribution is 6.14. The van der Waals surface area contributed by atoms with Crippen LogP contribution in [-0.2, 0) is 4.79 Å². The molecule has 15 heavy (non-hydrogen) atoms. The fourth-order valence-electron chi connectivity index (χ4n) is 0.908. The first-order valence-electron chi connectivity index (χ1n) is 3.61. The van der Waals surface area contributed by atoms with Gasteiger partial charge in [0.2, 0.25) is 0 Å². The maximum Gasteiger partial charge on any atom is 0.335 e. The summed E-state index contributed by atoms with van der Waals surface area (Å²) in [4.78, 5) is 10.4. The number of halogens is 4. The predicted molar refractivity (Wildman–Crippen MR) is 42.9 cm³/mol. The summed E-state index contributed by atoms with van der Waals surface area (Å²) in [6, 6.07) is 0.240. The van der Waals surface area contributed by atoms with Gasteiger partial charge >= 0.3 is 5.97 Å². The molecule has 0 atom stereocenters. The van der Waals surface area contributed by atoms with Gasteiger partial charge in [-0.15, -0.1) is 0 Å². The topological polar surface area (TPSA) is 37.3 Å². The van der Waals surface area contributed by atoms with Crippen LogP contribution in [0.5, 0.6) is 0 Å². The van der Waals surface area contributed by atoms with Crippen LogP contribution in [0, 0.1) is 23.3 Å². The SMILES string of the molecule is C=C(C(=O)O)c1cc(F)c(F)c(F)c1F. The fourth-order valence-corrected chi connectivity index (χ4v) is 0.908. The van der Waals surface area contributed by atoms with E-state index in [-0.39, 0.29) is 6.07 Å². The average Bonchev–Trinajstić information content (AvgIpc) is 2.19. The number of aliphatic carboxylic acids is 1. The lowest BCUT2D eigenvalue weighted by molar-refractivity contribution is -0.130. The highest BCUT2D eigenvalue weighted by atomic mass is 19.2. The molecule has 0 saturated heterocycles. The quantitative estimate of drug-likeness (QED) is 0.359. The zero-order chi connectivity index (χ0) is 11.7. The lowest BCUT2D eigenvalue weighted by Gasteiger charge is -2.04. The van der Waals surface area contributed by atoms with Gasteiger partial charge in [-0.25, -0.2) is 22.4 Å². The Morgan fingerprint density at radius 3 is 2.13 bits per heavy atom. The summed E-state index contributed by atoms with van der Waals surface area (Å²) in [5, 5.41) is 8.41. The van der Waals surface area contributed by atoms with E-state index in [9.17, 15) is 22.4 Å². The molecule has 80 valence electrons. The molecule has 0 radical (unpaired) electrons.